The van der Waals surface area contributed by atoms with E-state index >= 15 is 0 Å². The van der Waals surface area contributed by atoms with Gasteiger partial charge in [-0.1, -0.05) is 19.0 Å². The van der Waals surface area contributed by atoms with Gasteiger partial charge in [0.25, 0.3) is 5.71 Å². The Bertz CT molecular complexity index is 512. The number of ether oxygens (including phenoxy) is 1. The minimum absolute atomic E-state index is 0.261. The average molecular weight is 264 g/mol. The van der Waals surface area contributed by atoms with Crippen molar-refractivity contribution in [1.29, 1.82) is 0 Å². The highest BCUT2D eigenvalue weighted by Gasteiger charge is 2.13. The van der Waals surface area contributed by atoms with E-state index in [1.54, 1.807) is 6.20 Å². The summed E-state index contributed by atoms with van der Waals surface area (Å²) in [5.74, 6) is 1.26. The highest BCUT2D eigenvalue weighted by atomic mass is 16.5. The standard InChI is InChI=1S/C13H20N4O2/c1-4-18-11(9(2)3)5-6-14-12-10-7-17-19-13(10)16-8-15-12/h7-9,11H,4-6H2,1-3H3,(H,14,15,16)/t11-/m1/s1. The SMILES string of the molecule is CCO[C@H](CCNc1ncnc2oncc12)C(C)C. The lowest BCUT2D eigenvalue weighted by atomic mass is 10.0. The Morgan fingerprint density at radius 3 is 2.95 bits per heavy atom. The molecule has 19 heavy (non-hydrogen) atoms. The van der Waals surface area contributed by atoms with Crippen LogP contribution in [0.4, 0.5) is 5.82 Å². The smallest absolute Gasteiger partial charge is 0.262 e. The molecule has 2 rings (SSSR count). The summed E-state index contributed by atoms with van der Waals surface area (Å²) in [5.41, 5.74) is 0.503. The van der Waals surface area contributed by atoms with Gasteiger partial charge >= 0.3 is 0 Å². The van der Waals surface area contributed by atoms with Gasteiger partial charge in [0.05, 0.1) is 12.3 Å². The van der Waals surface area contributed by atoms with E-state index in [1.165, 1.54) is 6.33 Å². The molecule has 0 radical (unpaired) electrons. The van der Waals surface area contributed by atoms with Crippen molar-refractivity contribution in [3.8, 4) is 0 Å². The zero-order valence-electron chi connectivity index (χ0n) is 11.6. The summed E-state index contributed by atoms with van der Waals surface area (Å²) in [7, 11) is 0. The Balaban J connectivity index is 1.93. The van der Waals surface area contributed by atoms with Gasteiger partial charge in [0.2, 0.25) is 0 Å². The molecular weight excluding hydrogens is 244 g/mol. The van der Waals surface area contributed by atoms with Crippen LogP contribution in [0.15, 0.2) is 17.0 Å². The molecule has 2 heterocycles. The third-order valence-corrected chi connectivity index (χ3v) is 3.01. The molecule has 1 N–H and O–H groups in total. The van der Waals surface area contributed by atoms with Crippen LogP contribution in [0, 0.1) is 5.92 Å². The number of rotatable bonds is 7. The van der Waals surface area contributed by atoms with Crippen molar-refractivity contribution in [2.45, 2.75) is 33.3 Å². The van der Waals surface area contributed by atoms with E-state index in [1.807, 2.05) is 6.92 Å². The Kier molecular flexibility index (Phi) is 4.68. The summed E-state index contributed by atoms with van der Waals surface area (Å²) >= 11 is 0. The van der Waals surface area contributed by atoms with Crippen molar-refractivity contribution in [2.24, 2.45) is 5.92 Å². The molecular formula is C13H20N4O2. The second-order valence-corrected chi connectivity index (χ2v) is 4.72. The van der Waals surface area contributed by atoms with E-state index in [0.29, 0.717) is 11.6 Å². The average Bonchev–Trinajstić information content (AvgIpc) is 2.86. The summed E-state index contributed by atoms with van der Waals surface area (Å²) < 4.78 is 10.7. The molecule has 0 bridgehead atoms. The molecule has 0 aliphatic carbocycles. The van der Waals surface area contributed by atoms with Crippen LogP contribution in [0.1, 0.15) is 27.2 Å². The quantitative estimate of drug-likeness (QED) is 0.828. The molecule has 104 valence electrons. The minimum Gasteiger partial charge on any atom is -0.378 e. The van der Waals surface area contributed by atoms with E-state index in [4.69, 9.17) is 9.26 Å². The lowest BCUT2D eigenvalue weighted by molar-refractivity contribution is 0.0272. The van der Waals surface area contributed by atoms with Gasteiger partial charge in [-0.3, -0.25) is 0 Å². The summed E-state index contributed by atoms with van der Waals surface area (Å²) in [5, 5.41) is 7.81. The Labute approximate surface area is 112 Å². The summed E-state index contributed by atoms with van der Waals surface area (Å²) in [6.45, 7) is 7.90. The molecule has 6 nitrogen and oxygen atoms in total. The molecule has 2 aromatic rings. The lowest BCUT2D eigenvalue weighted by Gasteiger charge is -2.20. The number of nitrogens with one attached hydrogen (secondary N) is 1. The summed E-state index contributed by atoms with van der Waals surface area (Å²) in [6.07, 6.45) is 4.29. The number of anilines is 1. The molecule has 0 aliphatic rings. The molecule has 1 atom stereocenters. The maximum absolute atomic E-state index is 5.71. The maximum atomic E-state index is 5.71. The predicted octanol–water partition coefficient (Wildman–Crippen LogP) is 2.48. The van der Waals surface area contributed by atoms with E-state index < -0.39 is 0 Å². The first kappa shape index (κ1) is 13.7. The van der Waals surface area contributed by atoms with Gasteiger partial charge in [-0.2, -0.15) is 4.98 Å². The number of aromatic nitrogens is 3. The van der Waals surface area contributed by atoms with Crippen LogP contribution < -0.4 is 5.32 Å². The van der Waals surface area contributed by atoms with Crippen LogP contribution >= 0.6 is 0 Å². The fourth-order valence-corrected chi connectivity index (χ4v) is 1.99. The van der Waals surface area contributed by atoms with Crippen molar-refractivity contribution in [3.05, 3.63) is 12.5 Å². The van der Waals surface area contributed by atoms with Crippen molar-refractivity contribution < 1.29 is 9.26 Å². The third kappa shape index (κ3) is 3.41. The fraction of sp³-hybridized carbons (Fsp3) is 0.615. The molecule has 2 aromatic heterocycles. The number of hydrogen-bond acceptors (Lipinski definition) is 6. The summed E-state index contributed by atoms with van der Waals surface area (Å²) in [4.78, 5) is 8.20. The zero-order chi connectivity index (χ0) is 13.7. The third-order valence-electron chi connectivity index (χ3n) is 3.01. The van der Waals surface area contributed by atoms with Gasteiger partial charge in [0, 0.05) is 13.2 Å². The van der Waals surface area contributed by atoms with Crippen molar-refractivity contribution >= 4 is 16.9 Å². The first-order valence-corrected chi connectivity index (χ1v) is 6.63. The highest BCUT2D eigenvalue weighted by Crippen LogP contribution is 2.18. The largest absolute Gasteiger partial charge is 0.378 e. The number of fused-ring (bicyclic) bond motifs is 1. The van der Waals surface area contributed by atoms with E-state index in [0.717, 1.165) is 30.8 Å². The highest BCUT2D eigenvalue weighted by molar-refractivity contribution is 5.83. The number of nitrogens with zero attached hydrogens (tertiary/aromatic N) is 3. The van der Waals surface area contributed by atoms with E-state index in [-0.39, 0.29) is 6.10 Å². The molecule has 0 fully saturated rings. The Morgan fingerprint density at radius 2 is 2.21 bits per heavy atom. The van der Waals surface area contributed by atoms with E-state index in [2.05, 4.69) is 34.3 Å². The first-order valence-electron chi connectivity index (χ1n) is 6.63. The summed E-state index contributed by atoms with van der Waals surface area (Å²) in [6, 6.07) is 0. The van der Waals surface area contributed by atoms with Crippen LogP contribution in [0.25, 0.3) is 11.1 Å². The van der Waals surface area contributed by atoms with Crippen molar-refractivity contribution in [2.75, 3.05) is 18.5 Å². The molecule has 0 amide bonds. The molecule has 0 aromatic carbocycles. The molecule has 0 saturated heterocycles. The van der Waals surface area contributed by atoms with Crippen LogP contribution in [0.2, 0.25) is 0 Å². The van der Waals surface area contributed by atoms with Crippen LogP contribution in [-0.2, 0) is 4.74 Å². The van der Waals surface area contributed by atoms with Gasteiger partial charge in [-0.05, 0) is 19.3 Å². The van der Waals surface area contributed by atoms with Gasteiger partial charge in [-0.15, -0.1) is 0 Å². The molecule has 0 aliphatic heterocycles. The van der Waals surface area contributed by atoms with Gasteiger partial charge < -0.3 is 14.6 Å². The molecule has 0 unspecified atom stereocenters. The second-order valence-electron chi connectivity index (χ2n) is 4.72. The zero-order valence-corrected chi connectivity index (χ0v) is 11.6. The maximum Gasteiger partial charge on any atom is 0.262 e. The van der Waals surface area contributed by atoms with Gasteiger partial charge in [0.1, 0.15) is 17.5 Å². The van der Waals surface area contributed by atoms with Crippen molar-refractivity contribution in [1.82, 2.24) is 15.1 Å². The second kappa shape index (κ2) is 6.47. The number of hydrogen-bond donors (Lipinski definition) is 1. The predicted molar refractivity (Wildman–Crippen MR) is 73.0 cm³/mol. The van der Waals surface area contributed by atoms with Gasteiger partial charge in [-0.25, -0.2) is 4.98 Å². The van der Waals surface area contributed by atoms with Crippen LogP contribution in [0.3, 0.4) is 0 Å². The minimum atomic E-state index is 0.261. The fourth-order valence-electron chi connectivity index (χ4n) is 1.99. The molecule has 6 heteroatoms. The molecule has 0 saturated carbocycles. The van der Waals surface area contributed by atoms with Crippen LogP contribution in [-0.4, -0.2) is 34.4 Å². The van der Waals surface area contributed by atoms with Crippen molar-refractivity contribution in [3.63, 3.8) is 0 Å². The Morgan fingerprint density at radius 1 is 1.37 bits per heavy atom. The van der Waals surface area contributed by atoms with Gasteiger partial charge in [0.15, 0.2) is 0 Å². The Hall–Kier alpha value is -1.69. The normalized spacial score (nSPS) is 13.1. The topological polar surface area (TPSA) is 73.1 Å². The molecule has 0 spiro atoms. The van der Waals surface area contributed by atoms with E-state index in [9.17, 15) is 0 Å². The first-order chi connectivity index (χ1) is 9.22. The lowest BCUT2D eigenvalue weighted by Crippen LogP contribution is -2.23. The van der Waals surface area contributed by atoms with Crippen LogP contribution in [0.5, 0.6) is 0 Å². The monoisotopic (exact) mass is 264 g/mol.